The summed E-state index contributed by atoms with van der Waals surface area (Å²) in [6.07, 6.45) is 1.58. The van der Waals surface area contributed by atoms with Crippen molar-refractivity contribution < 1.29 is 14.3 Å². The van der Waals surface area contributed by atoms with Crippen LogP contribution in [0.3, 0.4) is 0 Å². The Balaban J connectivity index is 1.65. The highest BCUT2D eigenvalue weighted by atomic mass is 16.5. The molecular weight excluding hydrogens is 354 g/mol. The molecule has 0 spiro atoms. The molecule has 3 aromatic rings. The van der Waals surface area contributed by atoms with Gasteiger partial charge in [-0.2, -0.15) is 0 Å². The highest BCUT2D eigenvalue weighted by Gasteiger charge is 2.09. The van der Waals surface area contributed by atoms with Crippen molar-refractivity contribution in [3.63, 3.8) is 0 Å². The molecule has 1 aromatic heterocycles. The summed E-state index contributed by atoms with van der Waals surface area (Å²) in [5.74, 6) is -0.0268. The van der Waals surface area contributed by atoms with Gasteiger partial charge in [0.05, 0.1) is 12.7 Å². The van der Waals surface area contributed by atoms with Crippen LogP contribution in [0.2, 0.25) is 0 Å². The van der Waals surface area contributed by atoms with Gasteiger partial charge in [0, 0.05) is 24.0 Å². The zero-order valence-corrected chi connectivity index (χ0v) is 15.7. The van der Waals surface area contributed by atoms with Crippen LogP contribution in [0.4, 0.5) is 11.5 Å². The zero-order valence-electron chi connectivity index (χ0n) is 15.7. The number of rotatable bonds is 6. The lowest BCUT2D eigenvalue weighted by molar-refractivity contribution is 0.0600. The maximum atomic E-state index is 12.5. The summed E-state index contributed by atoms with van der Waals surface area (Å²) in [5.41, 5.74) is 3.93. The molecule has 1 amide bonds. The molecule has 0 aliphatic rings. The van der Waals surface area contributed by atoms with Crippen molar-refractivity contribution in [3.8, 4) is 0 Å². The van der Waals surface area contributed by atoms with Gasteiger partial charge in [0.1, 0.15) is 5.82 Å². The van der Waals surface area contributed by atoms with Crippen molar-refractivity contribution >= 4 is 23.4 Å². The average Bonchev–Trinajstić information content (AvgIpc) is 2.73. The Kier molecular flexibility index (Phi) is 6.01. The van der Waals surface area contributed by atoms with Crippen molar-refractivity contribution in [2.24, 2.45) is 0 Å². The average molecular weight is 375 g/mol. The van der Waals surface area contributed by atoms with E-state index in [1.165, 1.54) is 7.11 Å². The molecule has 0 aliphatic carbocycles. The first kappa shape index (κ1) is 19.1. The van der Waals surface area contributed by atoms with Crippen molar-refractivity contribution in [1.82, 2.24) is 10.3 Å². The minimum absolute atomic E-state index is 0.172. The minimum atomic E-state index is -0.392. The van der Waals surface area contributed by atoms with Crippen LogP contribution in [0, 0.1) is 6.92 Å². The number of amides is 1. The van der Waals surface area contributed by atoms with Crippen LogP contribution in [-0.2, 0) is 11.3 Å². The number of benzene rings is 2. The van der Waals surface area contributed by atoms with Crippen LogP contribution in [0.25, 0.3) is 0 Å². The molecular formula is C22H21N3O3. The number of hydrogen-bond donors (Lipinski definition) is 2. The van der Waals surface area contributed by atoms with Crippen LogP contribution in [0.1, 0.15) is 31.8 Å². The predicted molar refractivity (Wildman–Crippen MR) is 108 cm³/mol. The molecule has 0 atom stereocenters. The van der Waals surface area contributed by atoms with E-state index in [2.05, 4.69) is 20.4 Å². The van der Waals surface area contributed by atoms with E-state index in [-0.39, 0.29) is 5.91 Å². The van der Waals surface area contributed by atoms with Gasteiger partial charge in [-0.15, -0.1) is 0 Å². The number of ether oxygens (including phenoxy) is 1. The number of pyridine rings is 1. The maximum Gasteiger partial charge on any atom is 0.337 e. The summed E-state index contributed by atoms with van der Waals surface area (Å²) in [7, 11) is 1.34. The van der Waals surface area contributed by atoms with E-state index < -0.39 is 5.97 Å². The third-order valence-corrected chi connectivity index (χ3v) is 4.30. The quantitative estimate of drug-likeness (QED) is 0.640. The number of aromatic nitrogens is 1. The summed E-state index contributed by atoms with van der Waals surface area (Å²) in [5, 5.41) is 6.05. The second kappa shape index (κ2) is 8.81. The van der Waals surface area contributed by atoms with Gasteiger partial charge in [-0.05, 0) is 54.4 Å². The number of nitrogens with one attached hydrogen (secondary N) is 2. The molecule has 1 heterocycles. The Labute approximate surface area is 163 Å². The second-order valence-electron chi connectivity index (χ2n) is 6.23. The van der Waals surface area contributed by atoms with Crippen LogP contribution in [0.15, 0.2) is 66.9 Å². The summed E-state index contributed by atoms with van der Waals surface area (Å²) >= 11 is 0. The maximum absolute atomic E-state index is 12.5. The van der Waals surface area contributed by atoms with Crippen LogP contribution < -0.4 is 10.6 Å². The SMILES string of the molecule is COC(=O)c1ccc(Nc2cc(C(=O)NCc3ccccc3C)ccn2)cc1. The van der Waals surface area contributed by atoms with E-state index in [9.17, 15) is 9.59 Å². The molecule has 142 valence electrons. The fourth-order valence-electron chi connectivity index (χ4n) is 2.68. The Hall–Kier alpha value is -3.67. The van der Waals surface area contributed by atoms with Crippen molar-refractivity contribution in [1.29, 1.82) is 0 Å². The standard InChI is InChI=1S/C22H21N3O3/c1-15-5-3-4-6-18(15)14-24-21(26)17-11-12-23-20(13-17)25-19-9-7-16(8-10-19)22(27)28-2/h3-13H,14H2,1-2H3,(H,23,25)(H,24,26). The van der Waals surface area contributed by atoms with Gasteiger partial charge in [-0.1, -0.05) is 24.3 Å². The topological polar surface area (TPSA) is 80.3 Å². The minimum Gasteiger partial charge on any atom is -0.465 e. The number of esters is 1. The number of methoxy groups -OCH3 is 1. The number of anilines is 2. The van der Waals surface area contributed by atoms with E-state index in [0.717, 1.165) is 16.8 Å². The van der Waals surface area contributed by atoms with Crippen molar-refractivity contribution in [3.05, 3.63) is 89.1 Å². The smallest absolute Gasteiger partial charge is 0.337 e. The van der Waals surface area contributed by atoms with E-state index in [1.54, 1.807) is 42.6 Å². The molecule has 2 aromatic carbocycles. The third-order valence-electron chi connectivity index (χ3n) is 4.30. The highest BCUT2D eigenvalue weighted by Crippen LogP contribution is 2.17. The number of carbonyl (C=O) groups is 2. The van der Waals surface area contributed by atoms with Gasteiger partial charge in [0.25, 0.3) is 5.91 Å². The third kappa shape index (κ3) is 4.73. The molecule has 0 radical (unpaired) electrons. The van der Waals surface area contributed by atoms with Crippen LogP contribution in [-0.4, -0.2) is 24.0 Å². The molecule has 2 N–H and O–H groups in total. The first-order valence-electron chi connectivity index (χ1n) is 8.81. The van der Waals surface area contributed by atoms with E-state index in [1.807, 2.05) is 31.2 Å². The molecule has 28 heavy (non-hydrogen) atoms. The fraction of sp³-hybridized carbons (Fsp3) is 0.136. The van der Waals surface area contributed by atoms with Gasteiger partial charge in [0.2, 0.25) is 0 Å². The van der Waals surface area contributed by atoms with Gasteiger partial charge >= 0.3 is 5.97 Å². The Morgan fingerprint density at radius 2 is 1.75 bits per heavy atom. The Morgan fingerprint density at radius 1 is 1.00 bits per heavy atom. The summed E-state index contributed by atoms with van der Waals surface area (Å²) in [6.45, 7) is 2.48. The monoisotopic (exact) mass is 375 g/mol. The molecule has 0 aliphatic heterocycles. The Morgan fingerprint density at radius 3 is 2.46 bits per heavy atom. The van der Waals surface area contributed by atoms with Crippen molar-refractivity contribution in [2.45, 2.75) is 13.5 Å². The normalized spacial score (nSPS) is 10.2. The first-order chi connectivity index (χ1) is 13.6. The zero-order chi connectivity index (χ0) is 19.9. The predicted octanol–water partition coefficient (Wildman–Crippen LogP) is 3.85. The number of carbonyl (C=O) groups excluding carboxylic acids is 2. The van der Waals surface area contributed by atoms with Gasteiger partial charge in [-0.25, -0.2) is 9.78 Å². The molecule has 0 bridgehead atoms. The molecule has 6 nitrogen and oxygen atoms in total. The lowest BCUT2D eigenvalue weighted by Gasteiger charge is -2.10. The summed E-state index contributed by atoms with van der Waals surface area (Å²) in [4.78, 5) is 28.2. The van der Waals surface area contributed by atoms with Gasteiger partial charge < -0.3 is 15.4 Å². The summed E-state index contributed by atoms with van der Waals surface area (Å²) in [6, 6.07) is 18.1. The second-order valence-corrected chi connectivity index (χ2v) is 6.23. The van der Waals surface area contributed by atoms with Gasteiger partial charge in [0.15, 0.2) is 0 Å². The Bertz CT molecular complexity index is 984. The number of hydrogen-bond acceptors (Lipinski definition) is 5. The van der Waals surface area contributed by atoms with E-state index >= 15 is 0 Å². The van der Waals surface area contributed by atoms with E-state index in [0.29, 0.717) is 23.5 Å². The lowest BCUT2D eigenvalue weighted by atomic mass is 10.1. The van der Waals surface area contributed by atoms with Crippen LogP contribution in [0.5, 0.6) is 0 Å². The molecule has 0 saturated heterocycles. The largest absolute Gasteiger partial charge is 0.465 e. The molecule has 0 fully saturated rings. The lowest BCUT2D eigenvalue weighted by Crippen LogP contribution is -2.23. The number of aryl methyl sites for hydroxylation is 1. The number of nitrogens with zero attached hydrogens (tertiary/aromatic N) is 1. The molecule has 0 unspecified atom stereocenters. The summed E-state index contributed by atoms with van der Waals surface area (Å²) < 4.78 is 4.68. The van der Waals surface area contributed by atoms with E-state index in [4.69, 9.17) is 0 Å². The van der Waals surface area contributed by atoms with Crippen LogP contribution >= 0.6 is 0 Å². The molecule has 6 heteroatoms. The fourth-order valence-corrected chi connectivity index (χ4v) is 2.68. The first-order valence-corrected chi connectivity index (χ1v) is 8.81. The highest BCUT2D eigenvalue weighted by molar-refractivity contribution is 5.95. The molecule has 0 saturated carbocycles. The van der Waals surface area contributed by atoms with Crippen molar-refractivity contribution in [2.75, 3.05) is 12.4 Å². The molecule has 3 rings (SSSR count). The van der Waals surface area contributed by atoms with Gasteiger partial charge in [-0.3, -0.25) is 4.79 Å².